The van der Waals surface area contributed by atoms with Gasteiger partial charge in [0.05, 0.1) is 37.2 Å². The van der Waals surface area contributed by atoms with E-state index in [9.17, 15) is 19.5 Å². The normalized spacial score (nSPS) is 28.6. The van der Waals surface area contributed by atoms with Gasteiger partial charge in [-0.3, -0.25) is 14.4 Å². The Kier molecular flexibility index (Phi) is 8.41. The van der Waals surface area contributed by atoms with Crippen molar-refractivity contribution >= 4 is 35.1 Å². The number of hydrogen-bond acceptors (Lipinski definition) is 6. The summed E-state index contributed by atoms with van der Waals surface area (Å²) in [5.41, 5.74) is -0.568. The topological polar surface area (TPSA) is 96.4 Å². The SMILES string of the molecule is C=CCCCCOC(=O)[C@@H]1[C@H]2C(=O)N([C@H](C)CO)C(C(=O)N(CC=C)c3ccc(Cl)cc3)C23CC[C@H]1O3. The molecule has 0 saturated carbocycles. The first-order valence-corrected chi connectivity index (χ1v) is 13.2. The molecule has 1 N–H and O–H groups in total. The van der Waals surface area contributed by atoms with Gasteiger partial charge in [-0.05, 0) is 63.3 Å². The number of rotatable bonds is 12. The lowest BCUT2D eigenvalue weighted by atomic mass is 9.70. The molecule has 4 rings (SSSR count). The second kappa shape index (κ2) is 11.4. The number of carbonyl (C=O) groups is 3. The lowest BCUT2D eigenvalue weighted by molar-refractivity contribution is -0.155. The van der Waals surface area contributed by atoms with E-state index in [1.807, 2.05) is 6.08 Å². The molecule has 1 aromatic carbocycles. The van der Waals surface area contributed by atoms with Crippen LogP contribution < -0.4 is 4.90 Å². The zero-order valence-electron chi connectivity index (χ0n) is 21.2. The third kappa shape index (κ3) is 4.82. The minimum atomic E-state index is -1.17. The van der Waals surface area contributed by atoms with Crippen molar-refractivity contribution in [1.82, 2.24) is 4.90 Å². The Morgan fingerprint density at radius 2 is 2.03 bits per heavy atom. The zero-order chi connectivity index (χ0) is 26.7. The molecule has 2 bridgehead atoms. The molecule has 200 valence electrons. The van der Waals surface area contributed by atoms with E-state index >= 15 is 0 Å². The van der Waals surface area contributed by atoms with E-state index in [0.29, 0.717) is 30.0 Å². The van der Waals surface area contributed by atoms with Gasteiger partial charge in [-0.2, -0.15) is 0 Å². The number of aliphatic hydroxyl groups excluding tert-OH is 1. The molecule has 0 aromatic heterocycles. The number of ether oxygens (including phenoxy) is 2. The minimum absolute atomic E-state index is 0.201. The van der Waals surface area contributed by atoms with Gasteiger partial charge in [-0.25, -0.2) is 0 Å². The predicted molar refractivity (Wildman–Crippen MR) is 140 cm³/mol. The number of unbranched alkanes of at least 4 members (excludes halogenated alkanes) is 2. The Morgan fingerprint density at radius 1 is 1.30 bits per heavy atom. The molecule has 0 aliphatic carbocycles. The van der Waals surface area contributed by atoms with Crippen LogP contribution in [-0.4, -0.2) is 71.3 Å². The van der Waals surface area contributed by atoms with Gasteiger partial charge in [-0.1, -0.05) is 23.8 Å². The molecular weight excluding hydrogens is 496 g/mol. The van der Waals surface area contributed by atoms with Gasteiger partial charge in [0.1, 0.15) is 11.6 Å². The molecule has 1 aromatic rings. The Bertz CT molecular complexity index is 1050. The van der Waals surface area contributed by atoms with E-state index in [1.54, 1.807) is 37.3 Å². The van der Waals surface area contributed by atoms with E-state index < -0.39 is 41.6 Å². The molecule has 6 atom stereocenters. The third-order valence-electron chi connectivity index (χ3n) is 7.75. The highest BCUT2D eigenvalue weighted by atomic mass is 35.5. The van der Waals surface area contributed by atoms with Crippen molar-refractivity contribution in [3.8, 4) is 0 Å². The summed E-state index contributed by atoms with van der Waals surface area (Å²) in [5, 5.41) is 10.5. The van der Waals surface area contributed by atoms with E-state index in [2.05, 4.69) is 13.2 Å². The summed E-state index contributed by atoms with van der Waals surface area (Å²) in [4.78, 5) is 44.3. The Morgan fingerprint density at radius 3 is 2.68 bits per heavy atom. The molecule has 3 fully saturated rings. The van der Waals surface area contributed by atoms with Crippen LogP contribution in [0.25, 0.3) is 0 Å². The second-order valence-electron chi connectivity index (χ2n) is 10.00. The van der Waals surface area contributed by atoms with Crippen LogP contribution in [0.2, 0.25) is 5.02 Å². The maximum absolute atomic E-state index is 14.2. The fourth-order valence-electron chi connectivity index (χ4n) is 6.08. The van der Waals surface area contributed by atoms with Gasteiger partial charge in [0.15, 0.2) is 0 Å². The van der Waals surface area contributed by atoms with Crippen molar-refractivity contribution in [3.63, 3.8) is 0 Å². The van der Waals surface area contributed by atoms with E-state index in [0.717, 1.165) is 12.8 Å². The number of halogens is 1. The number of carbonyl (C=O) groups excluding carboxylic acids is 3. The van der Waals surface area contributed by atoms with Crippen LogP contribution in [0.1, 0.15) is 39.0 Å². The average Bonchev–Trinajstić information content (AvgIpc) is 3.54. The van der Waals surface area contributed by atoms with Crippen LogP contribution in [0.15, 0.2) is 49.6 Å². The number of benzene rings is 1. The molecule has 3 saturated heterocycles. The first-order chi connectivity index (χ1) is 17.8. The predicted octanol–water partition coefficient (Wildman–Crippen LogP) is 3.51. The highest BCUT2D eigenvalue weighted by Crippen LogP contribution is 2.59. The first-order valence-electron chi connectivity index (χ1n) is 12.9. The fraction of sp³-hybridized carbons (Fsp3) is 0.536. The van der Waals surface area contributed by atoms with E-state index in [-0.39, 0.29) is 31.6 Å². The molecule has 9 heteroatoms. The number of esters is 1. The summed E-state index contributed by atoms with van der Waals surface area (Å²) in [5.74, 6) is -2.79. The van der Waals surface area contributed by atoms with Crippen LogP contribution in [0.5, 0.6) is 0 Å². The van der Waals surface area contributed by atoms with Crippen LogP contribution in [0, 0.1) is 11.8 Å². The van der Waals surface area contributed by atoms with E-state index in [4.69, 9.17) is 21.1 Å². The molecule has 2 amide bonds. The molecular formula is C28H35ClN2O6. The van der Waals surface area contributed by atoms with Crippen LogP contribution in [-0.2, 0) is 23.9 Å². The van der Waals surface area contributed by atoms with E-state index in [1.165, 1.54) is 9.80 Å². The summed E-state index contributed by atoms with van der Waals surface area (Å²) >= 11 is 6.06. The molecule has 3 heterocycles. The van der Waals surface area contributed by atoms with Gasteiger partial charge in [0.2, 0.25) is 5.91 Å². The molecule has 8 nitrogen and oxygen atoms in total. The Balaban J connectivity index is 1.66. The standard InChI is InChI=1S/C28H35ClN2O6/c1-4-6-7-8-16-36-27(35)22-21-13-14-28(37-21)23(22)25(33)31(18(3)17-32)24(28)26(34)30(15-5-2)20-11-9-19(29)10-12-20/h4-5,9-12,18,21-24,32H,1-2,6-8,13-17H2,3H3/t18-,21-,22+,23+,24?,28?/m1/s1. The quantitative estimate of drug-likeness (QED) is 0.252. The van der Waals surface area contributed by atoms with Crippen LogP contribution in [0.4, 0.5) is 5.69 Å². The first kappa shape index (κ1) is 27.4. The van der Waals surface area contributed by atoms with Gasteiger partial charge >= 0.3 is 5.97 Å². The number of fused-ring (bicyclic) bond motifs is 1. The van der Waals surface area contributed by atoms with Crippen molar-refractivity contribution in [2.45, 2.75) is 62.8 Å². The number of aliphatic hydroxyl groups is 1. The van der Waals surface area contributed by atoms with Crippen molar-refractivity contribution in [1.29, 1.82) is 0 Å². The van der Waals surface area contributed by atoms with Crippen molar-refractivity contribution in [2.24, 2.45) is 11.8 Å². The average molecular weight is 531 g/mol. The molecule has 1 spiro atoms. The van der Waals surface area contributed by atoms with Crippen molar-refractivity contribution in [2.75, 3.05) is 24.7 Å². The summed E-state index contributed by atoms with van der Waals surface area (Å²) in [7, 11) is 0. The maximum Gasteiger partial charge on any atom is 0.312 e. The lowest BCUT2D eigenvalue weighted by Gasteiger charge is -2.38. The molecule has 0 radical (unpaired) electrons. The number of hydrogen-bond donors (Lipinski definition) is 1. The Hall–Kier alpha value is -2.68. The zero-order valence-corrected chi connectivity index (χ0v) is 21.9. The third-order valence-corrected chi connectivity index (χ3v) is 8.00. The maximum atomic E-state index is 14.2. The molecule has 3 aliphatic rings. The summed E-state index contributed by atoms with van der Waals surface area (Å²) in [6.07, 6.45) is 6.35. The molecule has 3 aliphatic heterocycles. The van der Waals surface area contributed by atoms with Crippen LogP contribution in [0.3, 0.4) is 0 Å². The minimum Gasteiger partial charge on any atom is -0.465 e. The summed E-state index contributed by atoms with van der Waals surface area (Å²) < 4.78 is 12.0. The largest absolute Gasteiger partial charge is 0.465 e. The smallest absolute Gasteiger partial charge is 0.312 e. The van der Waals surface area contributed by atoms with Gasteiger partial charge < -0.3 is 24.4 Å². The molecule has 2 unspecified atom stereocenters. The highest BCUT2D eigenvalue weighted by Gasteiger charge is 2.75. The monoisotopic (exact) mass is 530 g/mol. The van der Waals surface area contributed by atoms with Gasteiger partial charge in [0, 0.05) is 17.3 Å². The van der Waals surface area contributed by atoms with Crippen molar-refractivity contribution < 1.29 is 29.0 Å². The summed E-state index contributed by atoms with van der Waals surface area (Å²) in [6, 6.07) is 5.19. The number of allylic oxidation sites excluding steroid dienone is 1. The van der Waals surface area contributed by atoms with Crippen LogP contribution >= 0.6 is 11.6 Å². The number of amides is 2. The number of likely N-dealkylation sites (tertiary alicyclic amines) is 1. The fourth-order valence-corrected chi connectivity index (χ4v) is 6.21. The van der Waals surface area contributed by atoms with Gasteiger partial charge in [0.25, 0.3) is 5.91 Å². The second-order valence-corrected chi connectivity index (χ2v) is 10.4. The lowest BCUT2D eigenvalue weighted by Crippen LogP contribution is -2.58. The molecule has 37 heavy (non-hydrogen) atoms. The number of anilines is 1. The highest BCUT2D eigenvalue weighted by molar-refractivity contribution is 6.30. The van der Waals surface area contributed by atoms with Gasteiger partial charge in [-0.15, -0.1) is 13.2 Å². The summed E-state index contributed by atoms with van der Waals surface area (Å²) in [6.45, 7) is 9.31. The Labute approximate surface area is 222 Å². The number of nitrogens with zero attached hydrogens (tertiary/aromatic N) is 2. The van der Waals surface area contributed by atoms with Crippen molar-refractivity contribution in [3.05, 3.63) is 54.6 Å².